The van der Waals surface area contributed by atoms with Crippen molar-refractivity contribution in [2.75, 3.05) is 17.4 Å². The summed E-state index contributed by atoms with van der Waals surface area (Å²) in [6, 6.07) is 19.3. The second-order valence-corrected chi connectivity index (χ2v) is 11.7. The standard InChI is InChI=1S/C27H29BrClN3O4S/c1-4-30-27(34)20(3)31(17-21-9-11-22(28)12-10-21)26(33)18-32(25-8-6-5-7-19(25)2)37(35,36)24-15-13-23(29)14-16-24/h5-16,20H,4,17-18H2,1-3H3,(H,30,34)/t20-/m1/s1. The fourth-order valence-corrected chi connectivity index (χ4v) is 5.65. The first-order valence-electron chi connectivity index (χ1n) is 11.7. The molecule has 0 fully saturated rings. The summed E-state index contributed by atoms with van der Waals surface area (Å²) in [6.07, 6.45) is 0. The summed E-state index contributed by atoms with van der Waals surface area (Å²) in [4.78, 5) is 27.9. The molecule has 0 spiro atoms. The molecule has 10 heteroatoms. The molecular weight excluding hydrogens is 578 g/mol. The number of hydrogen-bond acceptors (Lipinski definition) is 4. The molecule has 0 saturated heterocycles. The summed E-state index contributed by atoms with van der Waals surface area (Å²) in [6.45, 7) is 5.26. The molecule has 7 nitrogen and oxygen atoms in total. The number of benzene rings is 3. The van der Waals surface area contributed by atoms with E-state index in [1.165, 1.54) is 29.2 Å². The number of amides is 2. The number of sulfonamides is 1. The first-order chi connectivity index (χ1) is 17.5. The van der Waals surface area contributed by atoms with Gasteiger partial charge in [-0.1, -0.05) is 57.9 Å². The molecule has 0 unspecified atom stereocenters. The summed E-state index contributed by atoms with van der Waals surface area (Å²) in [7, 11) is -4.14. The second-order valence-electron chi connectivity index (χ2n) is 8.47. The lowest BCUT2D eigenvalue weighted by atomic mass is 10.1. The van der Waals surface area contributed by atoms with Crippen molar-refractivity contribution in [3.8, 4) is 0 Å². The number of anilines is 1. The van der Waals surface area contributed by atoms with Crippen molar-refractivity contribution in [3.63, 3.8) is 0 Å². The normalized spacial score (nSPS) is 12.0. The van der Waals surface area contributed by atoms with Crippen molar-refractivity contribution >= 4 is 55.1 Å². The van der Waals surface area contributed by atoms with Crippen LogP contribution >= 0.6 is 27.5 Å². The van der Waals surface area contributed by atoms with Gasteiger partial charge in [-0.25, -0.2) is 8.42 Å². The highest BCUT2D eigenvalue weighted by Gasteiger charge is 2.33. The highest BCUT2D eigenvalue weighted by Crippen LogP contribution is 2.28. The zero-order valence-electron chi connectivity index (χ0n) is 20.8. The Labute approximate surface area is 231 Å². The molecule has 2 amide bonds. The van der Waals surface area contributed by atoms with Gasteiger partial charge in [0.1, 0.15) is 12.6 Å². The van der Waals surface area contributed by atoms with Gasteiger partial charge in [-0.15, -0.1) is 0 Å². The maximum Gasteiger partial charge on any atom is 0.264 e. The average molecular weight is 607 g/mol. The van der Waals surface area contributed by atoms with Crippen molar-refractivity contribution in [2.45, 2.75) is 38.3 Å². The van der Waals surface area contributed by atoms with Gasteiger partial charge < -0.3 is 10.2 Å². The van der Waals surface area contributed by atoms with Crippen LogP contribution in [0.5, 0.6) is 0 Å². The van der Waals surface area contributed by atoms with Gasteiger partial charge >= 0.3 is 0 Å². The zero-order chi connectivity index (χ0) is 27.2. The Bertz CT molecular complexity index is 1350. The van der Waals surface area contributed by atoms with E-state index in [1.807, 2.05) is 24.3 Å². The van der Waals surface area contributed by atoms with Crippen LogP contribution in [0.25, 0.3) is 0 Å². The minimum absolute atomic E-state index is 0.00388. The van der Waals surface area contributed by atoms with E-state index in [9.17, 15) is 18.0 Å². The third-order valence-corrected chi connectivity index (χ3v) is 8.40. The zero-order valence-corrected chi connectivity index (χ0v) is 24.0. The van der Waals surface area contributed by atoms with E-state index in [2.05, 4.69) is 21.2 Å². The van der Waals surface area contributed by atoms with Crippen LogP contribution in [-0.4, -0.2) is 44.3 Å². The maximum absolute atomic E-state index is 13.8. The molecule has 0 saturated carbocycles. The van der Waals surface area contributed by atoms with Crippen LogP contribution in [0.1, 0.15) is 25.0 Å². The van der Waals surface area contributed by atoms with Gasteiger partial charge in [0, 0.05) is 22.6 Å². The number of hydrogen-bond donors (Lipinski definition) is 1. The first kappa shape index (κ1) is 28.7. The maximum atomic E-state index is 13.8. The SMILES string of the molecule is CCNC(=O)[C@@H](C)N(Cc1ccc(Br)cc1)C(=O)CN(c1ccccc1C)S(=O)(=O)c1ccc(Cl)cc1. The van der Waals surface area contributed by atoms with Gasteiger partial charge in [-0.3, -0.25) is 13.9 Å². The van der Waals surface area contributed by atoms with Gasteiger partial charge in [-0.05, 0) is 74.4 Å². The van der Waals surface area contributed by atoms with E-state index in [1.54, 1.807) is 45.0 Å². The lowest BCUT2D eigenvalue weighted by molar-refractivity contribution is -0.139. The molecule has 3 aromatic rings. The average Bonchev–Trinajstić information content (AvgIpc) is 2.87. The van der Waals surface area contributed by atoms with Crippen molar-refractivity contribution in [3.05, 3.63) is 93.4 Å². The number of para-hydroxylation sites is 1. The Hall–Kier alpha value is -2.88. The van der Waals surface area contributed by atoms with Crippen molar-refractivity contribution < 1.29 is 18.0 Å². The monoisotopic (exact) mass is 605 g/mol. The molecule has 0 aromatic heterocycles. The van der Waals surface area contributed by atoms with Gasteiger partial charge in [-0.2, -0.15) is 0 Å². The number of likely N-dealkylation sites (N-methyl/N-ethyl adjacent to an activating group) is 1. The van der Waals surface area contributed by atoms with Crippen LogP contribution in [0, 0.1) is 6.92 Å². The molecule has 0 aliphatic carbocycles. The number of halogens is 2. The summed E-state index contributed by atoms with van der Waals surface area (Å²) in [5.41, 5.74) is 1.86. The molecule has 3 aromatic carbocycles. The molecule has 0 radical (unpaired) electrons. The molecule has 196 valence electrons. The van der Waals surface area contributed by atoms with Crippen LogP contribution in [-0.2, 0) is 26.2 Å². The third-order valence-electron chi connectivity index (χ3n) is 5.85. The summed E-state index contributed by atoms with van der Waals surface area (Å²) >= 11 is 9.38. The molecule has 1 N–H and O–H groups in total. The van der Waals surface area contributed by atoms with Crippen LogP contribution in [0.15, 0.2) is 82.2 Å². The van der Waals surface area contributed by atoms with Crippen molar-refractivity contribution in [2.24, 2.45) is 0 Å². The van der Waals surface area contributed by atoms with Crippen molar-refractivity contribution in [1.29, 1.82) is 0 Å². The second kappa shape index (κ2) is 12.6. The Morgan fingerprint density at radius 3 is 2.22 bits per heavy atom. The molecule has 0 heterocycles. The minimum Gasteiger partial charge on any atom is -0.355 e. The van der Waals surface area contributed by atoms with E-state index in [-0.39, 0.29) is 17.3 Å². The van der Waals surface area contributed by atoms with Crippen molar-refractivity contribution in [1.82, 2.24) is 10.2 Å². The predicted octanol–water partition coefficient (Wildman–Crippen LogP) is 5.16. The van der Waals surface area contributed by atoms with Gasteiger partial charge in [0.25, 0.3) is 10.0 Å². The Balaban J connectivity index is 2.03. The largest absolute Gasteiger partial charge is 0.355 e. The summed E-state index contributed by atoms with van der Waals surface area (Å²) in [5.74, 6) is -0.835. The smallest absolute Gasteiger partial charge is 0.264 e. The fraction of sp³-hybridized carbons (Fsp3) is 0.259. The first-order valence-corrected chi connectivity index (χ1v) is 14.3. The lowest BCUT2D eigenvalue weighted by Gasteiger charge is -2.32. The minimum atomic E-state index is -4.14. The number of aryl methyl sites for hydroxylation is 1. The van der Waals surface area contributed by atoms with E-state index in [0.717, 1.165) is 14.3 Å². The number of rotatable bonds is 10. The molecule has 1 atom stereocenters. The highest BCUT2D eigenvalue weighted by molar-refractivity contribution is 9.10. The molecule has 37 heavy (non-hydrogen) atoms. The van der Waals surface area contributed by atoms with Crippen LogP contribution < -0.4 is 9.62 Å². The quantitative estimate of drug-likeness (QED) is 0.346. The third kappa shape index (κ3) is 7.12. The van der Waals surface area contributed by atoms with E-state index < -0.39 is 28.5 Å². The van der Waals surface area contributed by atoms with Gasteiger partial charge in [0.15, 0.2) is 0 Å². The molecule has 0 aliphatic rings. The van der Waals surface area contributed by atoms with E-state index in [0.29, 0.717) is 22.8 Å². The molecule has 0 bridgehead atoms. The van der Waals surface area contributed by atoms with Gasteiger partial charge in [0.2, 0.25) is 11.8 Å². The van der Waals surface area contributed by atoms with Crippen LogP contribution in [0.2, 0.25) is 5.02 Å². The molecule has 3 rings (SSSR count). The number of nitrogens with one attached hydrogen (secondary N) is 1. The number of nitrogens with zero attached hydrogens (tertiary/aromatic N) is 2. The Kier molecular flexibility index (Phi) is 9.75. The lowest BCUT2D eigenvalue weighted by Crippen LogP contribution is -2.51. The molecular formula is C27H29BrClN3O4S. The van der Waals surface area contributed by atoms with Crippen LogP contribution in [0.4, 0.5) is 5.69 Å². The topological polar surface area (TPSA) is 86.8 Å². The Morgan fingerprint density at radius 1 is 1.00 bits per heavy atom. The van der Waals surface area contributed by atoms with E-state index in [4.69, 9.17) is 11.6 Å². The number of carbonyl (C=O) groups is 2. The van der Waals surface area contributed by atoms with Gasteiger partial charge in [0.05, 0.1) is 10.6 Å². The fourth-order valence-electron chi connectivity index (χ4n) is 3.78. The summed E-state index contributed by atoms with van der Waals surface area (Å²) < 4.78 is 29.5. The number of carbonyl (C=O) groups excluding carboxylic acids is 2. The highest BCUT2D eigenvalue weighted by atomic mass is 79.9. The molecule has 0 aliphatic heterocycles. The van der Waals surface area contributed by atoms with E-state index >= 15 is 0 Å². The summed E-state index contributed by atoms with van der Waals surface area (Å²) in [5, 5.41) is 3.14. The predicted molar refractivity (Wildman–Crippen MR) is 150 cm³/mol. The van der Waals surface area contributed by atoms with Crippen LogP contribution in [0.3, 0.4) is 0 Å². The Morgan fingerprint density at radius 2 is 1.62 bits per heavy atom.